The molecule has 0 saturated heterocycles. The van der Waals surface area contributed by atoms with E-state index in [-0.39, 0.29) is 0 Å². The second-order valence-electron chi connectivity index (χ2n) is 5.99. The van der Waals surface area contributed by atoms with E-state index in [0.29, 0.717) is 13.2 Å². The van der Waals surface area contributed by atoms with Crippen LogP contribution in [0.25, 0.3) is 0 Å². The van der Waals surface area contributed by atoms with Gasteiger partial charge in [0.25, 0.3) is 0 Å². The van der Waals surface area contributed by atoms with Crippen LogP contribution in [0.1, 0.15) is 71.1 Å². The van der Waals surface area contributed by atoms with E-state index in [1.165, 1.54) is 32.1 Å². The van der Waals surface area contributed by atoms with Gasteiger partial charge in [0.2, 0.25) is 0 Å². The van der Waals surface area contributed by atoms with Gasteiger partial charge in [-0.15, -0.1) is 0 Å². The van der Waals surface area contributed by atoms with Gasteiger partial charge < -0.3 is 10.5 Å². The Morgan fingerprint density at radius 2 is 1.12 bits per heavy atom. The van der Waals surface area contributed by atoms with Crippen LogP contribution < -0.4 is 5.73 Å². The lowest BCUT2D eigenvalue weighted by Gasteiger charge is -2.00. The van der Waals surface area contributed by atoms with Gasteiger partial charge in [-0.1, -0.05) is 68.4 Å². The molecule has 0 spiro atoms. The number of rotatable bonds is 17. The zero-order valence-corrected chi connectivity index (χ0v) is 15.8. The molecule has 0 radical (unpaired) electrons. The monoisotopic (exact) mass is 333 g/mol. The Morgan fingerprint density at radius 1 is 0.625 bits per heavy atom. The summed E-state index contributed by atoms with van der Waals surface area (Å²) in [6.45, 7) is 4.39. The lowest BCUT2D eigenvalue weighted by molar-refractivity contribution is 0.138. The highest BCUT2D eigenvalue weighted by Gasteiger charge is 1.87. The lowest BCUT2D eigenvalue weighted by Crippen LogP contribution is -2.08. The molecular weight excluding hydrogens is 294 g/mol. The first kappa shape index (κ1) is 22.9. The summed E-state index contributed by atoms with van der Waals surface area (Å²) in [5.74, 6) is 0. The molecule has 0 aliphatic carbocycles. The number of nitrogens with two attached hydrogens (primary N) is 1. The van der Waals surface area contributed by atoms with Gasteiger partial charge in [0, 0.05) is 13.2 Å². The second-order valence-corrected chi connectivity index (χ2v) is 5.99. The molecule has 0 heterocycles. The zero-order chi connectivity index (χ0) is 17.6. The third-order valence-electron chi connectivity index (χ3n) is 3.63. The van der Waals surface area contributed by atoms with E-state index in [0.717, 1.165) is 38.7 Å². The van der Waals surface area contributed by atoms with Crippen LogP contribution in [0.15, 0.2) is 48.6 Å². The SMILES string of the molecule is CCCCCC=CCC=CCC=CCC=CCCCCOCCN. The van der Waals surface area contributed by atoms with Crippen molar-refractivity contribution >= 4 is 0 Å². The normalized spacial score (nSPS) is 12.6. The highest BCUT2D eigenvalue weighted by Crippen LogP contribution is 2.01. The molecule has 0 aliphatic rings. The maximum Gasteiger partial charge on any atom is 0.0588 e. The van der Waals surface area contributed by atoms with E-state index in [2.05, 4.69) is 55.5 Å². The van der Waals surface area contributed by atoms with Crippen LogP contribution in [0.4, 0.5) is 0 Å². The van der Waals surface area contributed by atoms with E-state index in [1.54, 1.807) is 0 Å². The maximum absolute atomic E-state index is 5.36. The van der Waals surface area contributed by atoms with Crippen molar-refractivity contribution in [2.45, 2.75) is 71.1 Å². The third kappa shape index (κ3) is 20.9. The predicted molar refractivity (Wildman–Crippen MR) is 108 cm³/mol. The molecule has 0 aromatic heterocycles. The minimum atomic E-state index is 0.622. The van der Waals surface area contributed by atoms with Crippen LogP contribution in [-0.2, 0) is 4.74 Å². The third-order valence-corrected chi connectivity index (χ3v) is 3.63. The van der Waals surface area contributed by atoms with Crippen molar-refractivity contribution in [1.29, 1.82) is 0 Å². The summed E-state index contributed by atoms with van der Waals surface area (Å²) in [4.78, 5) is 0. The van der Waals surface area contributed by atoms with E-state index in [1.807, 2.05) is 0 Å². The van der Waals surface area contributed by atoms with Crippen molar-refractivity contribution < 1.29 is 4.74 Å². The Kier molecular flexibility index (Phi) is 20.9. The van der Waals surface area contributed by atoms with E-state index in [4.69, 9.17) is 10.5 Å². The Morgan fingerprint density at radius 3 is 1.62 bits per heavy atom. The Labute approximate surface area is 150 Å². The number of hydrogen-bond acceptors (Lipinski definition) is 2. The average Bonchev–Trinajstić information content (AvgIpc) is 2.60. The van der Waals surface area contributed by atoms with Crippen molar-refractivity contribution in [2.24, 2.45) is 5.73 Å². The fourth-order valence-corrected chi connectivity index (χ4v) is 2.21. The van der Waals surface area contributed by atoms with Crippen molar-refractivity contribution in [1.82, 2.24) is 0 Å². The minimum absolute atomic E-state index is 0.622. The summed E-state index contributed by atoms with van der Waals surface area (Å²) >= 11 is 0. The molecule has 2 N–H and O–H groups in total. The molecule has 2 nitrogen and oxygen atoms in total. The molecule has 24 heavy (non-hydrogen) atoms. The minimum Gasteiger partial charge on any atom is -0.380 e. The van der Waals surface area contributed by atoms with Crippen LogP contribution in [-0.4, -0.2) is 19.8 Å². The van der Waals surface area contributed by atoms with Gasteiger partial charge in [0.1, 0.15) is 0 Å². The molecule has 0 atom stereocenters. The lowest BCUT2D eigenvalue weighted by atomic mass is 10.2. The molecule has 0 bridgehead atoms. The van der Waals surface area contributed by atoms with Gasteiger partial charge >= 0.3 is 0 Å². The van der Waals surface area contributed by atoms with Crippen molar-refractivity contribution in [3.05, 3.63) is 48.6 Å². The Balaban J connectivity index is 3.33. The molecule has 2 heteroatoms. The first-order valence-electron chi connectivity index (χ1n) is 9.79. The molecule has 0 rings (SSSR count). The van der Waals surface area contributed by atoms with E-state index < -0.39 is 0 Å². The van der Waals surface area contributed by atoms with Crippen molar-refractivity contribution in [2.75, 3.05) is 19.8 Å². The predicted octanol–water partition coefficient (Wildman–Crippen LogP) is 6.11. The highest BCUT2D eigenvalue weighted by molar-refractivity contribution is 4.99. The second kappa shape index (κ2) is 21.9. The van der Waals surface area contributed by atoms with Gasteiger partial charge in [-0.05, 0) is 51.4 Å². The standard InChI is InChI=1S/C22H39NO/c1-2-3-4-5-6-7-8-9-10-11-12-13-14-15-16-17-18-19-21-24-22-20-23/h6-7,9-10,12-13,15-16H,2-5,8,11,14,17-23H2,1H3. The topological polar surface area (TPSA) is 35.2 Å². The molecule has 0 aromatic carbocycles. The highest BCUT2D eigenvalue weighted by atomic mass is 16.5. The van der Waals surface area contributed by atoms with Crippen LogP contribution >= 0.6 is 0 Å². The number of allylic oxidation sites excluding steroid dienone is 8. The maximum atomic E-state index is 5.36. The van der Waals surface area contributed by atoms with E-state index >= 15 is 0 Å². The first-order chi connectivity index (χ1) is 11.9. The number of hydrogen-bond donors (Lipinski definition) is 1. The van der Waals surface area contributed by atoms with Crippen LogP contribution in [0.5, 0.6) is 0 Å². The quantitative estimate of drug-likeness (QED) is 0.257. The summed E-state index contributed by atoms with van der Waals surface area (Å²) in [6, 6.07) is 0. The van der Waals surface area contributed by atoms with Crippen LogP contribution in [0, 0.1) is 0 Å². The number of ether oxygens (including phenoxy) is 1. The van der Waals surface area contributed by atoms with Gasteiger partial charge in [-0.2, -0.15) is 0 Å². The zero-order valence-electron chi connectivity index (χ0n) is 15.8. The summed E-state index contributed by atoms with van der Waals surface area (Å²) in [6.07, 6.45) is 29.9. The molecule has 0 unspecified atom stereocenters. The summed E-state index contributed by atoms with van der Waals surface area (Å²) in [7, 11) is 0. The van der Waals surface area contributed by atoms with E-state index in [9.17, 15) is 0 Å². The van der Waals surface area contributed by atoms with Crippen molar-refractivity contribution in [3.63, 3.8) is 0 Å². The molecule has 0 aliphatic heterocycles. The molecule has 0 aromatic rings. The Hall–Kier alpha value is -1.12. The van der Waals surface area contributed by atoms with Crippen molar-refractivity contribution in [3.8, 4) is 0 Å². The summed E-state index contributed by atoms with van der Waals surface area (Å²) in [5.41, 5.74) is 5.36. The molecule has 0 saturated carbocycles. The number of unbranched alkanes of at least 4 members (excludes halogenated alkanes) is 5. The molecule has 138 valence electrons. The average molecular weight is 334 g/mol. The summed E-state index contributed by atoms with van der Waals surface area (Å²) < 4.78 is 5.34. The van der Waals surface area contributed by atoms with Gasteiger partial charge in [-0.25, -0.2) is 0 Å². The molecule has 0 amide bonds. The van der Waals surface area contributed by atoms with Gasteiger partial charge in [0.15, 0.2) is 0 Å². The van der Waals surface area contributed by atoms with Gasteiger partial charge in [-0.3, -0.25) is 0 Å². The summed E-state index contributed by atoms with van der Waals surface area (Å²) in [5, 5.41) is 0. The largest absolute Gasteiger partial charge is 0.380 e. The molecular formula is C22H39NO. The molecule has 0 fully saturated rings. The van der Waals surface area contributed by atoms with Gasteiger partial charge in [0.05, 0.1) is 6.61 Å². The van der Waals surface area contributed by atoms with Crippen LogP contribution in [0.3, 0.4) is 0 Å². The Bertz CT molecular complexity index is 342. The smallest absolute Gasteiger partial charge is 0.0588 e. The first-order valence-corrected chi connectivity index (χ1v) is 9.79. The fraction of sp³-hybridized carbons (Fsp3) is 0.636. The fourth-order valence-electron chi connectivity index (χ4n) is 2.21. The van der Waals surface area contributed by atoms with Crippen LogP contribution in [0.2, 0.25) is 0 Å².